The minimum absolute atomic E-state index is 0.512. The first-order chi connectivity index (χ1) is 5.18. The molecule has 0 saturated heterocycles. The van der Waals surface area contributed by atoms with Crippen LogP contribution in [-0.2, 0) is 0 Å². The summed E-state index contributed by atoms with van der Waals surface area (Å²) in [5.74, 6) is -1.18. The Kier molecular flexibility index (Phi) is 24.4. The van der Waals surface area contributed by atoms with Crippen molar-refractivity contribution in [1.29, 1.82) is 0 Å². The maximum absolute atomic E-state index is 11.8. The Morgan fingerprint density at radius 3 is 1.55 bits per heavy atom. The van der Waals surface area contributed by atoms with Crippen molar-refractivity contribution in [2.24, 2.45) is 0 Å². The molecule has 0 radical (unpaired) electrons. The number of aliphatic hydroxyl groups is 1. The van der Waals surface area contributed by atoms with E-state index >= 15 is 0 Å². The van der Waals surface area contributed by atoms with E-state index in [9.17, 15) is 4.39 Å². The van der Waals surface area contributed by atoms with Crippen LogP contribution < -0.4 is 0 Å². The summed E-state index contributed by atoms with van der Waals surface area (Å²) in [6.07, 6.45) is 1.14. The van der Waals surface area contributed by atoms with Crippen molar-refractivity contribution < 1.29 is 9.50 Å². The van der Waals surface area contributed by atoms with Crippen molar-refractivity contribution in [2.75, 3.05) is 0 Å². The second-order valence-electron chi connectivity index (χ2n) is 1.08. The van der Waals surface area contributed by atoms with Crippen LogP contribution in [0.1, 0.15) is 34.6 Å². The van der Waals surface area contributed by atoms with E-state index in [2.05, 4.69) is 6.58 Å². The normalized spacial score (nSPS) is 8.36. The zero-order valence-corrected chi connectivity index (χ0v) is 8.11. The molecule has 68 valence electrons. The summed E-state index contributed by atoms with van der Waals surface area (Å²) in [6, 6.07) is 0. The van der Waals surface area contributed by atoms with Gasteiger partial charge in [0, 0.05) is 0 Å². The molecule has 0 unspecified atom stereocenters. The highest BCUT2D eigenvalue weighted by atomic mass is 19.1. The van der Waals surface area contributed by atoms with Crippen molar-refractivity contribution in [3.63, 3.8) is 0 Å². The summed E-state index contributed by atoms with van der Waals surface area (Å²) in [6.45, 7) is 12.4. The fraction of sp³-hybridized carbons (Fsp3) is 0.556. The number of hydrogen-bond donors (Lipinski definition) is 1. The van der Waals surface area contributed by atoms with E-state index in [1.807, 2.05) is 27.7 Å². The lowest BCUT2D eigenvalue weighted by Gasteiger charge is -1.86. The number of allylic oxidation sites excluding steroid dienone is 2. The molecule has 0 aromatic rings. The lowest BCUT2D eigenvalue weighted by atomic mass is 10.4. The van der Waals surface area contributed by atoms with Gasteiger partial charge in [-0.1, -0.05) is 34.3 Å². The summed E-state index contributed by atoms with van der Waals surface area (Å²) in [5.41, 5.74) is 0. The molecule has 0 aromatic heterocycles. The molecule has 0 aromatic carbocycles. The quantitative estimate of drug-likeness (QED) is 0.456. The first kappa shape index (κ1) is 16.7. The van der Waals surface area contributed by atoms with E-state index in [4.69, 9.17) is 5.11 Å². The van der Waals surface area contributed by atoms with Crippen LogP contribution in [0.2, 0.25) is 0 Å². The van der Waals surface area contributed by atoms with Crippen LogP contribution in [0.5, 0.6) is 0 Å². The maximum Gasteiger partial charge on any atom is 0.159 e. The largest absolute Gasteiger partial charge is 0.506 e. The van der Waals surface area contributed by atoms with Crippen LogP contribution in [0.3, 0.4) is 0 Å². The molecule has 0 aliphatic heterocycles. The molecule has 1 nitrogen and oxygen atoms in total. The van der Waals surface area contributed by atoms with Crippen LogP contribution in [0.25, 0.3) is 0 Å². The van der Waals surface area contributed by atoms with Gasteiger partial charge >= 0.3 is 0 Å². The van der Waals surface area contributed by atoms with Gasteiger partial charge in [0.15, 0.2) is 5.83 Å². The van der Waals surface area contributed by atoms with Gasteiger partial charge in [-0.2, -0.15) is 0 Å². The van der Waals surface area contributed by atoms with Gasteiger partial charge in [0.2, 0.25) is 0 Å². The third-order valence-corrected chi connectivity index (χ3v) is 0.529. The minimum atomic E-state index is -0.667. The van der Waals surface area contributed by atoms with Gasteiger partial charge in [0.05, 0.1) is 0 Å². The van der Waals surface area contributed by atoms with Crippen LogP contribution >= 0.6 is 0 Å². The van der Waals surface area contributed by atoms with Gasteiger partial charge in [-0.05, 0) is 13.0 Å². The van der Waals surface area contributed by atoms with Gasteiger partial charge in [0.1, 0.15) is 5.76 Å². The molecule has 0 amide bonds. The zero-order valence-electron chi connectivity index (χ0n) is 8.11. The molecule has 0 atom stereocenters. The summed E-state index contributed by atoms with van der Waals surface area (Å²) in [5, 5.41) is 8.18. The van der Waals surface area contributed by atoms with Gasteiger partial charge in [-0.3, -0.25) is 0 Å². The van der Waals surface area contributed by atoms with Crippen molar-refractivity contribution in [3.05, 3.63) is 24.2 Å². The minimum Gasteiger partial charge on any atom is -0.506 e. The summed E-state index contributed by atoms with van der Waals surface area (Å²) >= 11 is 0. The Hall–Kier alpha value is -0.790. The second kappa shape index (κ2) is 16.1. The van der Waals surface area contributed by atoms with Crippen LogP contribution in [0.4, 0.5) is 4.39 Å². The van der Waals surface area contributed by atoms with E-state index in [0.717, 1.165) is 6.08 Å². The lowest BCUT2D eigenvalue weighted by Crippen LogP contribution is -1.74. The maximum atomic E-state index is 11.8. The van der Waals surface area contributed by atoms with Crippen molar-refractivity contribution in [3.8, 4) is 0 Å². The molecular weight excluding hydrogens is 143 g/mol. The van der Waals surface area contributed by atoms with Crippen LogP contribution in [-0.4, -0.2) is 5.11 Å². The Bertz CT molecular complexity index is 106. The smallest absolute Gasteiger partial charge is 0.159 e. The van der Waals surface area contributed by atoms with E-state index in [1.165, 1.54) is 6.92 Å². The summed E-state index contributed by atoms with van der Waals surface area (Å²) in [7, 11) is 0. The molecule has 0 heterocycles. The number of halogens is 1. The van der Waals surface area contributed by atoms with Crippen LogP contribution in [0.15, 0.2) is 24.2 Å². The third kappa shape index (κ3) is 17.6. The fourth-order valence-electron chi connectivity index (χ4n) is 0.167. The molecule has 0 rings (SSSR count). The molecule has 11 heavy (non-hydrogen) atoms. The number of hydrogen-bond acceptors (Lipinski definition) is 1. The topological polar surface area (TPSA) is 20.2 Å². The van der Waals surface area contributed by atoms with Gasteiger partial charge in [0.25, 0.3) is 0 Å². The predicted molar refractivity (Wildman–Crippen MR) is 49.3 cm³/mol. The average molecular weight is 162 g/mol. The van der Waals surface area contributed by atoms with Crippen molar-refractivity contribution in [2.45, 2.75) is 34.6 Å². The fourth-order valence-corrected chi connectivity index (χ4v) is 0.167. The first-order valence-electron chi connectivity index (χ1n) is 3.88. The SMILES string of the molecule is C=C(O)/C(F)=C\C.CC.CC. The van der Waals surface area contributed by atoms with Gasteiger partial charge in [-0.15, -0.1) is 0 Å². The Balaban J connectivity index is -0.000000138. The third-order valence-electron chi connectivity index (χ3n) is 0.529. The molecule has 0 bridgehead atoms. The molecule has 0 saturated carbocycles. The van der Waals surface area contributed by atoms with Gasteiger partial charge < -0.3 is 5.11 Å². The molecule has 2 heteroatoms. The lowest BCUT2D eigenvalue weighted by molar-refractivity contribution is 0.391. The Morgan fingerprint density at radius 1 is 1.27 bits per heavy atom. The highest BCUT2D eigenvalue weighted by molar-refractivity contribution is 5.12. The molecule has 0 aliphatic rings. The monoisotopic (exact) mass is 162 g/mol. The highest BCUT2D eigenvalue weighted by Gasteiger charge is 1.90. The van der Waals surface area contributed by atoms with Crippen LogP contribution in [0, 0.1) is 0 Å². The summed E-state index contributed by atoms with van der Waals surface area (Å²) in [4.78, 5) is 0. The summed E-state index contributed by atoms with van der Waals surface area (Å²) < 4.78 is 11.8. The molecule has 0 spiro atoms. The van der Waals surface area contributed by atoms with E-state index in [1.54, 1.807) is 0 Å². The van der Waals surface area contributed by atoms with Crippen molar-refractivity contribution >= 4 is 0 Å². The number of rotatable bonds is 1. The molecule has 1 N–H and O–H groups in total. The van der Waals surface area contributed by atoms with Crippen molar-refractivity contribution in [1.82, 2.24) is 0 Å². The molecular formula is C9H19FO. The van der Waals surface area contributed by atoms with E-state index < -0.39 is 11.6 Å². The Morgan fingerprint density at radius 2 is 1.55 bits per heavy atom. The Labute approximate surface area is 69.3 Å². The second-order valence-corrected chi connectivity index (χ2v) is 1.08. The average Bonchev–Trinajstić information content (AvgIpc) is 2.10. The van der Waals surface area contributed by atoms with E-state index in [0.29, 0.717) is 0 Å². The standard InChI is InChI=1S/C5H7FO.2C2H6/c1-3-5(6)4(2)7;2*1-2/h3,7H,2H2,1H3;2*1-2H3/b5-3+;;. The predicted octanol–water partition coefficient (Wildman–Crippen LogP) is 3.98. The molecule has 0 fully saturated rings. The highest BCUT2D eigenvalue weighted by Crippen LogP contribution is 2.02. The zero-order chi connectivity index (χ0) is 9.86. The molecule has 0 aliphatic carbocycles. The number of aliphatic hydroxyl groups excluding tert-OH is 1. The first-order valence-corrected chi connectivity index (χ1v) is 3.88. The van der Waals surface area contributed by atoms with Gasteiger partial charge in [-0.25, -0.2) is 4.39 Å². The van der Waals surface area contributed by atoms with E-state index in [-0.39, 0.29) is 0 Å².